The average molecular weight is 234 g/mol. The number of nitrogens with zero attached hydrogens (tertiary/aromatic N) is 2. The molecule has 1 amide bonds. The van der Waals surface area contributed by atoms with E-state index in [0.717, 1.165) is 12.1 Å². The summed E-state index contributed by atoms with van der Waals surface area (Å²) < 4.78 is 0. The lowest BCUT2D eigenvalue weighted by Crippen LogP contribution is -2.52. The molecule has 1 aromatic rings. The summed E-state index contributed by atoms with van der Waals surface area (Å²) in [6.45, 7) is 3.88. The molecule has 2 heterocycles. The zero-order valence-corrected chi connectivity index (χ0v) is 9.97. The molecule has 1 saturated heterocycles. The molecule has 0 aliphatic carbocycles. The van der Waals surface area contributed by atoms with Crippen molar-refractivity contribution in [1.82, 2.24) is 15.2 Å². The normalized spacial score (nSPS) is 20.7. The van der Waals surface area contributed by atoms with E-state index in [0.29, 0.717) is 13.1 Å². The summed E-state index contributed by atoms with van der Waals surface area (Å²) in [5.74, 6) is 0.0609. The van der Waals surface area contributed by atoms with Gasteiger partial charge in [0.25, 0.3) is 0 Å². The predicted molar refractivity (Wildman–Crippen MR) is 65.2 cm³/mol. The number of amides is 1. The van der Waals surface area contributed by atoms with E-state index in [4.69, 9.17) is 5.73 Å². The maximum atomic E-state index is 11.4. The molecule has 0 radical (unpaired) electrons. The van der Waals surface area contributed by atoms with Gasteiger partial charge in [0.1, 0.15) is 0 Å². The number of carbonyl (C=O) groups is 1. The van der Waals surface area contributed by atoms with Crippen LogP contribution in [0.2, 0.25) is 0 Å². The van der Waals surface area contributed by atoms with Gasteiger partial charge in [-0.2, -0.15) is 0 Å². The van der Waals surface area contributed by atoms with Crippen molar-refractivity contribution in [3.05, 3.63) is 30.1 Å². The molecule has 5 heteroatoms. The highest BCUT2D eigenvalue weighted by Crippen LogP contribution is 2.22. The van der Waals surface area contributed by atoms with Crippen LogP contribution in [0, 0.1) is 0 Å². The summed E-state index contributed by atoms with van der Waals surface area (Å²) in [5, 5.41) is 2.82. The predicted octanol–water partition coefficient (Wildman–Crippen LogP) is -0.0983. The van der Waals surface area contributed by atoms with E-state index in [9.17, 15) is 4.79 Å². The molecule has 0 saturated carbocycles. The van der Waals surface area contributed by atoms with E-state index in [1.165, 1.54) is 0 Å². The molecule has 2 unspecified atom stereocenters. The SMILES string of the molecule is CC(N)C(c1cccnc1)N1CCNC(=O)C1. The second kappa shape index (κ2) is 5.25. The van der Waals surface area contributed by atoms with Gasteiger partial charge in [-0.25, -0.2) is 0 Å². The Labute approximate surface area is 101 Å². The largest absolute Gasteiger partial charge is 0.354 e. The monoisotopic (exact) mass is 234 g/mol. The number of carbonyl (C=O) groups excluding carboxylic acids is 1. The van der Waals surface area contributed by atoms with Gasteiger partial charge in [-0.05, 0) is 18.6 Å². The lowest BCUT2D eigenvalue weighted by molar-refractivity contribution is -0.125. The fraction of sp³-hybridized carbons (Fsp3) is 0.500. The van der Waals surface area contributed by atoms with Crippen molar-refractivity contribution >= 4 is 5.91 Å². The number of rotatable bonds is 3. The van der Waals surface area contributed by atoms with E-state index in [1.54, 1.807) is 6.20 Å². The molecule has 92 valence electrons. The second-order valence-corrected chi connectivity index (χ2v) is 4.41. The molecule has 1 aliphatic rings. The summed E-state index contributed by atoms with van der Waals surface area (Å²) in [5.41, 5.74) is 7.11. The van der Waals surface area contributed by atoms with Gasteiger partial charge in [-0.1, -0.05) is 6.07 Å². The van der Waals surface area contributed by atoms with Crippen molar-refractivity contribution in [1.29, 1.82) is 0 Å². The van der Waals surface area contributed by atoms with Gasteiger partial charge in [0, 0.05) is 31.5 Å². The van der Waals surface area contributed by atoms with Crippen molar-refractivity contribution in [3.63, 3.8) is 0 Å². The van der Waals surface area contributed by atoms with Crippen molar-refractivity contribution in [2.75, 3.05) is 19.6 Å². The first kappa shape index (κ1) is 12.0. The third kappa shape index (κ3) is 2.81. The van der Waals surface area contributed by atoms with Crippen LogP contribution in [0.25, 0.3) is 0 Å². The minimum atomic E-state index is -0.0369. The first-order valence-corrected chi connectivity index (χ1v) is 5.84. The maximum absolute atomic E-state index is 11.4. The molecule has 0 aromatic carbocycles. The first-order valence-electron chi connectivity index (χ1n) is 5.84. The maximum Gasteiger partial charge on any atom is 0.234 e. The van der Waals surface area contributed by atoms with Gasteiger partial charge < -0.3 is 11.1 Å². The topological polar surface area (TPSA) is 71.2 Å². The van der Waals surface area contributed by atoms with Crippen LogP contribution in [0.3, 0.4) is 0 Å². The van der Waals surface area contributed by atoms with E-state index >= 15 is 0 Å². The molecular formula is C12H18N4O. The van der Waals surface area contributed by atoms with E-state index in [2.05, 4.69) is 15.2 Å². The quantitative estimate of drug-likeness (QED) is 0.766. The van der Waals surface area contributed by atoms with Gasteiger partial charge in [0.05, 0.1) is 12.6 Å². The number of hydrogen-bond donors (Lipinski definition) is 2. The van der Waals surface area contributed by atoms with Gasteiger partial charge in [-0.3, -0.25) is 14.7 Å². The lowest BCUT2D eigenvalue weighted by atomic mass is 10.0. The molecule has 2 rings (SSSR count). The Morgan fingerprint density at radius 1 is 1.59 bits per heavy atom. The standard InChI is InChI=1S/C12H18N4O/c1-9(13)12(10-3-2-4-14-7-10)16-6-5-15-11(17)8-16/h2-4,7,9,12H,5-6,8,13H2,1H3,(H,15,17). The number of aromatic nitrogens is 1. The minimum Gasteiger partial charge on any atom is -0.354 e. The Bertz CT molecular complexity index is 379. The fourth-order valence-corrected chi connectivity index (χ4v) is 2.29. The van der Waals surface area contributed by atoms with Crippen LogP contribution in [-0.4, -0.2) is 41.5 Å². The van der Waals surface area contributed by atoms with Crippen LogP contribution < -0.4 is 11.1 Å². The molecule has 1 aromatic heterocycles. The van der Waals surface area contributed by atoms with Crippen molar-refractivity contribution < 1.29 is 4.79 Å². The first-order chi connectivity index (χ1) is 8.18. The molecule has 0 spiro atoms. The zero-order valence-electron chi connectivity index (χ0n) is 9.97. The third-order valence-electron chi connectivity index (χ3n) is 2.99. The summed E-state index contributed by atoms with van der Waals surface area (Å²) in [4.78, 5) is 17.7. The number of hydrogen-bond acceptors (Lipinski definition) is 4. The smallest absolute Gasteiger partial charge is 0.234 e. The Kier molecular flexibility index (Phi) is 3.71. The number of piperazine rings is 1. The molecular weight excluding hydrogens is 216 g/mol. The Hall–Kier alpha value is -1.46. The van der Waals surface area contributed by atoms with Crippen LogP contribution in [0.5, 0.6) is 0 Å². The summed E-state index contributed by atoms with van der Waals surface area (Å²) in [6, 6.07) is 3.92. The fourth-order valence-electron chi connectivity index (χ4n) is 2.29. The summed E-state index contributed by atoms with van der Waals surface area (Å²) in [6.07, 6.45) is 3.56. The highest BCUT2D eigenvalue weighted by molar-refractivity contribution is 5.78. The molecule has 1 fully saturated rings. The molecule has 1 aliphatic heterocycles. The van der Waals surface area contributed by atoms with Crippen molar-refractivity contribution in [3.8, 4) is 0 Å². The summed E-state index contributed by atoms with van der Waals surface area (Å²) in [7, 11) is 0. The van der Waals surface area contributed by atoms with Gasteiger partial charge >= 0.3 is 0 Å². The Morgan fingerprint density at radius 3 is 3.00 bits per heavy atom. The van der Waals surface area contributed by atoms with Crippen molar-refractivity contribution in [2.45, 2.75) is 19.0 Å². The van der Waals surface area contributed by atoms with E-state index in [-0.39, 0.29) is 18.0 Å². The van der Waals surface area contributed by atoms with Crippen LogP contribution in [0.15, 0.2) is 24.5 Å². The summed E-state index contributed by atoms with van der Waals surface area (Å²) >= 11 is 0. The molecule has 3 N–H and O–H groups in total. The van der Waals surface area contributed by atoms with Crippen LogP contribution in [-0.2, 0) is 4.79 Å². The van der Waals surface area contributed by atoms with E-state index < -0.39 is 0 Å². The minimum absolute atomic E-state index is 0.0369. The van der Waals surface area contributed by atoms with Crippen LogP contribution >= 0.6 is 0 Å². The average Bonchev–Trinajstić information content (AvgIpc) is 2.30. The number of nitrogens with one attached hydrogen (secondary N) is 1. The third-order valence-corrected chi connectivity index (χ3v) is 2.99. The number of pyridine rings is 1. The van der Waals surface area contributed by atoms with Crippen LogP contribution in [0.4, 0.5) is 0 Å². The zero-order chi connectivity index (χ0) is 12.3. The Morgan fingerprint density at radius 2 is 2.41 bits per heavy atom. The Balaban J connectivity index is 2.20. The van der Waals surface area contributed by atoms with Gasteiger partial charge in [-0.15, -0.1) is 0 Å². The second-order valence-electron chi connectivity index (χ2n) is 4.41. The van der Waals surface area contributed by atoms with Crippen LogP contribution in [0.1, 0.15) is 18.5 Å². The molecule has 5 nitrogen and oxygen atoms in total. The molecule has 2 atom stereocenters. The number of nitrogens with two attached hydrogens (primary N) is 1. The highest BCUT2D eigenvalue weighted by Gasteiger charge is 2.28. The van der Waals surface area contributed by atoms with Gasteiger partial charge in [0.15, 0.2) is 0 Å². The molecule has 17 heavy (non-hydrogen) atoms. The van der Waals surface area contributed by atoms with Crippen molar-refractivity contribution in [2.24, 2.45) is 5.73 Å². The van der Waals surface area contributed by atoms with Gasteiger partial charge in [0.2, 0.25) is 5.91 Å². The van der Waals surface area contributed by atoms with E-state index in [1.807, 2.05) is 25.3 Å². The lowest BCUT2D eigenvalue weighted by Gasteiger charge is -2.36. The highest BCUT2D eigenvalue weighted by atomic mass is 16.2. The molecule has 0 bridgehead atoms.